The average molecular weight is 221 g/mol. The Balaban J connectivity index is 2.42. The fraction of sp³-hybridized carbons (Fsp3) is 0.500. The van der Waals surface area contributed by atoms with Gasteiger partial charge in [-0.25, -0.2) is 0 Å². The molecule has 0 saturated heterocycles. The van der Waals surface area contributed by atoms with Crippen LogP contribution < -0.4 is 11.1 Å². The van der Waals surface area contributed by atoms with Gasteiger partial charge in [0.1, 0.15) is 0 Å². The first-order valence-electron chi connectivity index (χ1n) is 5.59. The van der Waals surface area contributed by atoms with Gasteiger partial charge in [-0.2, -0.15) is 0 Å². The zero-order valence-electron chi connectivity index (χ0n) is 9.86. The van der Waals surface area contributed by atoms with Gasteiger partial charge in [0, 0.05) is 5.69 Å². The topological polar surface area (TPSA) is 68.0 Å². The number of amides is 1. The third-order valence-corrected chi connectivity index (χ3v) is 2.33. The predicted octanol–water partition coefficient (Wildman–Crippen LogP) is 1.13. The summed E-state index contributed by atoms with van der Waals surface area (Å²) in [6, 6.07) is 5.33. The molecule has 0 spiro atoms. The molecule has 0 aliphatic heterocycles. The number of carbonyl (C=O) groups is 1. The van der Waals surface area contributed by atoms with E-state index in [4.69, 9.17) is 5.73 Å². The minimum Gasteiger partial charge on any atom is -0.349 e. The number of aryl methyl sites for hydroxylation is 1. The van der Waals surface area contributed by atoms with Gasteiger partial charge in [-0.3, -0.25) is 9.78 Å². The van der Waals surface area contributed by atoms with Gasteiger partial charge in [-0.1, -0.05) is 19.4 Å². The minimum atomic E-state index is -0.408. The second kappa shape index (κ2) is 6.23. The molecule has 1 aromatic heterocycles. The fourth-order valence-corrected chi connectivity index (χ4v) is 1.45. The van der Waals surface area contributed by atoms with E-state index in [0.29, 0.717) is 13.0 Å². The number of aromatic nitrogens is 1. The van der Waals surface area contributed by atoms with Crippen LogP contribution in [0.3, 0.4) is 0 Å². The van der Waals surface area contributed by atoms with E-state index in [-0.39, 0.29) is 5.91 Å². The summed E-state index contributed by atoms with van der Waals surface area (Å²) in [4.78, 5) is 15.8. The quantitative estimate of drug-likeness (QED) is 0.783. The lowest BCUT2D eigenvalue weighted by atomic mass is 10.1. The van der Waals surface area contributed by atoms with Crippen molar-refractivity contribution in [2.45, 2.75) is 39.3 Å². The first-order valence-corrected chi connectivity index (χ1v) is 5.59. The molecule has 16 heavy (non-hydrogen) atoms. The highest BCUT2D eigenvalue weighted by molar-refractivity contribution is 5.81. The molecule has 1 heterocycles. The van der Waals surface area contributed by atoms with Crippen LogP contribution in [0.15, 0.2) is 18.2 Å². The molecule has 4 nitrogen and oxygen atoms in total. The Bertz CT molecular complexity index is 352. The molecule has 0 aliphatic rings. The van der Waals surface area contributed by atoms with Crippen molar-refractivity contribution < 1.29 is 4.79 Å². The number of carbonyl (C=O) groups excluding carboxylic acids is 1. The Morgan fingerprint density at radius 2 is 2.31 bits per heavy atom. The van der Waals surface area contributed by atoms with Crippen molar-refractivity contribution in [2.24, 2.45) is 5.73 Å². The zero-order valence-corrected chi connectivity index (χ0v) is 9.86. The summed E-state index contributed by atoms with van der Waals surface area (Å²) >= 11 is 0. The van der Waals surface area contributed by atoms with Gasteiger partial charge in [0.25, 0.3) is 0 Å². The van der Waals surface area contributed by atoms with Gasteiger partial charge in [-0.15, -0.1) is 0 Å². The molecule has 1 amide bonds. The molecule has 0 unspecified atom stereocenters. The maximum atomic E-state index is 11.5. The first-order chi connectivity index (χ1) is 7.63. The molecule has 1 atom stereocenters. The molecular weight excluding hydrogens is 202 g/mol. The predicted molar refractivity (Wildman–Crippen MR) is 63.7 cm³/mol. The zero-order chi connectivity index (χ0) is 12.0. The fourth-order valence-electron chi connectivity index (χ4n) is 1.45. The van der Waals surface area contributed by atoms with Crippen molar-refractivity contribution >= 4 is 5.91 Å². The van der Waals surface area contributed by atoms with E-state index in [1.54, 1.807) is 0 Å². The first kappa shape index (κ1) is 12.6. The van der Waals surface area contributed by atoms with Gasteiger partial charge < -0.3 is 11.1 Å². The van der Waals surface area contributed by atoms with Crippen LogP contribution in [0.5, 0.6) is 0 Å². The van der Waals surface area contributed by atoms with E-state index in [0.717, 1.165) is 17.8 Å². The molecule has 4 heteroatoms. The molecule has 0 radical (unpaired) electrons. The van der Waals surface area contributed by atoms with E-state index in [1.165, 1.54) is 0 Å². The van der Waals surface area contributed by atoms with E-state index < -0.39 is 6.04 Å². The van der Waals surface area contributed by atoms with Crippen LogP contribution in [-0.2, 0) is 11.3 Å². The Labute approximate surface area is 96.3 Å². The van der Waals surface area contributed by atoms with Crippen molar-refractivity contribution in [3.05, 3.63) is 29.6 Å². The Hall–Kier alpha value is -1.42. The van der Waals surface area contributed by atoms with Crippen LogP contribution in [0.4, 0.5) is 0 Å². The van der Waals surface area contributed by atoms with Gasteiger partial charge in [-0.05, 0) is 25.5 Å². The van der Waals surface area contributed by atoms with Crippen LogP contribution >= 0.6 is 0 Å². The third-order valence-electron chi connectivity index (χ3n) is 2.33. The minimum absolute atomic E-state index is 0.106. The Kier molecular flexibility index (Phi) is 4.92. The number of hydrogen-bond donors (Lipinski definition) is 2. The van der Waals surface area contributed by atoms with E-state index in [2.05, 4.69) is 10.3 Å². The monoisotopic (exact) mass is 221 g/mol. The van der Waals surface area contributed by atoms with Crippen molar-refractivity contribution in [3.8, 4) is 0 Å². The second-order valence-electron chi connectivity index (χ2n) is 3.88. The highest BCUT2D eigenvalue weighted by atomic mass is 16.2. The number of rotatable bonds is 5. The smallest absolute Gasteiger partial charge is 0.237 e. The largest absolute Gasteiger partial charge is 0.349 e. The number of hydrogen-bond acceptors (Lipinski definition) is 3. The molecular formula is C12H19N3O. The van der Waals surface area contributed by atoms with Gasteiger partial charge in [0.15, 0.2) is 0 Å². The summed E-state index contributed by atoms with van der Waals surface area (Å²) in [5.74, 6) is -0.106. The molecule has 0 aromatic carbocycles. The number of nitrogens with zero attached hydrogens (tertiary/aromatic N) is 1. The summed E-state index contributed by atoms with van der Waals surface area (Å²) in [5, 5.41) is 2.78. The lowest BCUT2D eigenvalue weighted by Gasteiger charge is -2.10. The molecule has 3 N–H and O–H groups in total. The van der Waals surface area contributed by atoms with Gasteiger partial charge >= 0.3 is 0 Å². The Morgan fingerprint density at radius 3 is 2.94 bits per heavy atom. The lowest BCUT2D eigenvalue weighted by molar-refractivity contribution is -0.122. The molecule has 1 rings (SSSR count). The summed E-state index contributed by atoms with van der Waals surface area (Å²) in [6.45, 7) is 4.38. The second-order valence-corrected chi connectivity index (χ2v) is 3.88. The highest BCUT2D eigenvalue weighted by Gasteiger charge is 2.11. The van der Waals surface area contributed by atoms with E-state index in [9.17, 15) is 4.79 Å². The van der Waals surface area contributed by atoms with Crippen molar-refractivity contribution in [1.29, 1.82) is 0 Å². The molecule has 88 valence electrons. The Morgan fingerprint density at radius 1 is 1.56 bits per heavy atom. The van der Waals surface area contributed by atoms with Crippen LogP contribution in [0, 0.1) is 6.92 Å². The molecule has 1 aromatic rings. The maximum absolute atomic E-state index is 11.5. The summed E-state index contributed by atoms with van der Waals surface area (Å²) in [5.41, 5.74) is 7.50. The van der Waals surface area contributed by atoms with Crippen LogP contribution in [-0.4, -0.2) is 16.9 Å². The SMILES string of the molecule is CCC[C@H](N)C(=O)NCc1cccc(C)n1. The van der Waals surface area contributed by atoms with Crippen LogP contribution in [0.25, 0.3) is 0 Å². The lowest BCUT2D eigenvalue weighted by Crippen LogP contribution is -2.40. The van der Waals surface area contributed by atoms with Crippen molar-refractivity contribution in [3.63, 3.8) is 0 Å². The van der Waals surface area contributed by atoms with E-state index in [1.807, 2.05) is 32.0 Å². The standard InChI is InChI=1S/C12H19N3O/c1-3-5-11(13)12(16)14-8-10-7-4-6-9(2)15-10/h4,6-7,11H,3,5,8,13H2,1-2H3,(H,14,16)/t11-/m0/s1. The molecule has 0 bridgehead atoms. The van der Waals surface area contributed by atoms with Gasteiger partial charge in [0.2, 0.25) is 5.91 Å². The third kappa shape index (κ3) is 3.98. The summed E-state index contributed by atoms with van der Waals surface area (Å²) < 4.78 is 0. The van der Waals surface area contributed by atoms with Crippen molar-refractivity contribution in [1.82, 2.24) is 10.3 Å². The number of nitrogens with two attached hydrogens (primary N) is 1. The highest BCUT2D eigenvalue weighted by Crippen LogP contribution is 1.98. The van der Waals surface area contributed by atoms with Crippen LogP contribution in [0.1, 0.15) is 31.2 Å². The molecule has 0 saturated carbocycles. The van der Waals surface area contributed by atoms with Gasteiger partial charge in [0.05, 0.1) is 18.3 Å². The molecule has 0 fully saturated rings. The molecule has 0 aliphatic carbocycles. The average Bonchev–Trinajstić information content (AvgIpc) is 2.26. The van der Waals surface area contributed by atoms with Crippen LogP contribution in [0.2, 0.25) is 0 Å². The normalized spacial score (nSPS) is 12.2. The van der Waals surface area contributed by atoms with E-state index >= 15 is 0 Å². The number of pyridine rings is 1. The maximum Gasteiger partial charge on any atom is 0.237 e. The summed E-state index contributed by atoms with van der Waals surface area (Å²) in [7, 11) is 0. The summed E-state index contributed by atoms with van der Waals surface area (Å²) in [6.07, 6.45) is 1.63. The number of nitrogens with one attached hydrogen (secondary N) is 1. The van der Waals surface area contributed by atoms with Crippen molar-refractivity contribution in [2.75, 3.05) is 0 Å².